The SMILES string of the molecule is O=C(OCC1(COC(=O)c2ccccc2)Nc2cccc3cccc(c23)N1)c1ccccc1. The van der Waals surface area contributed by atoms with Crippen LogP contribution in [0.1, 0.15) is 20.7 Å². The molecule has 4 aromatic rings. The highest BCUT2D eigenvalue weighted by molar-refractivity contribution is 6.05. The molecule has 4 aromatic carbocycles. The summed E-state index contributed by atoms with van der Waals surface area (Å²) in [5, 5.41) is 8.94. The molecule has 1 heterocycles. The van der Waals surface area contributed by atoms with Crippen LogP contribution >= 0.6 is 0 Å². The van der Waals surface area contributed by atoms with Gasteiger partial charge >= 0.3 is 11.9 Å². The molecule has 164 valence electrons. The minimum atomic E-state index is -1.04. The van der Waals surface area contributed by atoms with Crippen LogP contribution in [0.3, 0.4) is 0 Å². The standard InChI is InChI=1S/C27H22N2O4/c30-25(20-9-3-1-4-10-20)32-17-27(18-33-26(31)21-11-5-2-6-12-21)28-22-15-7-13-19-14-8-16-23(29-27)24(19)22/h1-16,28-29H,17-18H2. The first-order chi connectivity index (χ1) is 16.1. The zero-order chi connectivity index (χ0) is 22.7. The van der Waals surface area contributed by atoms with Crippen LogP contribution < -0.4 is 10.6 Å². The maximum Gasteiger partial charge on any atom is 0.338 e. The first kappa shape index (κ1) is 20.6. The zero-order valence-corrected chi connectivity index (χ0v) is 17.8. The molecule has 0 saturated heterocycles. The lowest BCUT2D eigenvalue weighted by atomic mass is 10.00. The van der Waals surface area contributed by atoms with Crippen LogP contribution in [0, 0.1) is 0 Å². The number of rotatable bonds is 6. The molecule has 0 aromatic heterocycles. The molecule has 0 radical (unpaired) electrons. The Kier molecular flexibility index (Phi) is 5.40. The summed E-state index contributed by atoms with van der Waals surface area (Å²) in [6.45, 7) is -0.124. The number of benzene rings is 4. The second kappa shape index (κ2) is 8.67. The van der Waals surface area contributed by atoms with Gasteiger partial charge in [-0.3, -0.25) is 0 Å². The summed E-state index contributed by atoms with van der Waals surface area (Å²) in [4.78, 5) is 25.3. The Bertz CT molecular complexity index is 1210. The van der Waals surface area contributed by atoms with Crippen molar-refractivity contribution in [3.8, 4) is 0 Å². The maximum absolute atomic E-state index is 12.6. The topological polar surface area (TPSA) is 76.7 Å². The Labute approximate surface area is 191 Å². The summed E-state index contributed by atoms with van der Waals surface area (Å²) >= 11 is 0. The van der Waals surface area contributed by atoms with Crippen LogP contribution in [-0.4, -0.2) is 30.8 Å². The second-order valence-electron chi connectivity index (χ2n) is 7.93. The van der Waals surface area contributed by atoms with E-state index in [1.807, 2.05) is 48.5 Å². The summed E-state index contributed by atoms with van der Waals surface area (Å²) in [5.41, 5.74) is 1.60. The Morgan fingerprint density at radius 2 is 1.06 bits per heavy atom. The van der Waals surface area contributed by atoms with Crippen molar-refractivity contribution in [2.75, 3.05) is 23.8 Å². The van der Waals surface area contributed by atoms with Crippen molar-refractivity contribution in [3.63, 3.8) is 0 Å². The van der Waals surface area contributed by atoms with Crippen molar-refractivity contribution in [2.24, 2.45) is 0 Å². The Morgan fingerprint density at radius 1 is 0.606 bits per heavy atom. The number of esters is 2. The number of ether oxygens (including phenoxy) is 2. The Morgan fingerprint density at radius 3 is 1.52 bits per heavy atom. The highest BCUT2D eigenvalue weighted by atomic mass is 16.6. The van der Waals surface area contributed by atoms with Gasteiger partial charge in [-0.1, -0.05) is 60.7 Å². The minimum Gasteiger partial charge on any atom is -0.457 e. The zero-order valence-electron chi connectivity index (χ0n) is 17.8. The summed E-state index contributed by atoms with van der Waals surface area (Å²) < 4.78 is 11.3. The van der Waals surface area contributed by atoms with Gasteiger partial charge in [0.1, 0.15) is 13.2 Å². The predicted molar refractivity (Wildman–Crippen MR) is 127 cm³/mol. The molecule has 5 rings (SSSR count). The van der Waals surface area contributed by atoms with Gasteiger partial charge in [-0.25, -0.2) is 9.59 Å². The fourth-order valence-electron chi connectivity index (χ4n) is 3.97. The molecule has 2 N–H and O–H groups in total. The van der Waals surface area contributed by atoms with E-state index in [0.717, 1.165) is 22.1 Å². The number of carbonyl (C=O) groups is 2. The van der Waals surface area contributed by atoms with Crippen molar-refractivity contribution in [3.05, 3.63) is 108 Å². The highest BCUT2D eigenvalue weighted by Gasteiger charge is 2.38. The fraction of sp³-hybridized carbons (Fsp3) is 0.111. The van der Waals surface area contributed by atoms with E-state index in [1.54, 1.807) is 48.5 Å². The van der Waals surface area contributed by atoms with Gasteiger partial charge < -0.3 is 20.1 Å². The number of hydrogen-bond donors (Lipinski definition) is 2. The molecule has 1 aliphatic rings. The third-order valence-corrected chi connectivity index (χ3v) is 5.57. The molecule has 0 amide bonds. The summed E-state index contributed by atoms with van der Waals surface area (Å²) in [6, 6.07) is 29.5. The molecule has 33 heavy (non-hydrogen) atoms. The highest BCUT2D eigenvalue weighted by Crippen LogP contribution is 2.38. The molecule has 0 spiro atoms. The van der Waals surface area contributed by atoms with Crippen LogP contribution in [0.5, 0.6) is 0 Å². The van der Waals surface area contributed by atoms with Gasteiger partial charge in [0.2, 0.25) is 0 Å². The predicted octanol–water partition coefficient (Wildman–Crippen LogP) is 5.09. The normalized spacial score (nSPS) is 13.5. The smallest absolute Gasteiger partial charge is 0.338 e. The molecule has 0 fully saturated rings. The minimum absolute atomic E-state index is 0.0620. The molecular weight excluding hydrogens is 416 g/mol. The van der Waals surface area contributed by atoms with Crippen molar-refractivity contribution in [2.45, 2.75) is 5.66 Å². The van der Waals surface area contributed by atoms with Crippen LogP contribution in [0.25, 0.3) is 10.8 Å². The Balaban J connectivity index is 1.42. The third kappa shape index (κ3) is 4.23. The molecular formula is C27H22N2O4. The lowest BCUT2D eigenvalue weighted by molar-refractivity contribution is 0.0267. The van der Waals surface area contributed by atoms with Gasteiger partial charge in [-0.15, -0.1) is 0 Å². The van der Waals surface area contributed by atoms with E-state index >= 15 is 0 Å². The van der Waals surface area contributed by atoms with E-state index in [0.29, 0.717) is 11.1 Å². The van der Waals surface area contributed by atoms with Crippen LogP contribution in [0.2, 0.25) is 0 Å². The van der Waals surface area contributed by atoms with E-state index in [1.165, 1.54) is 0 Å². The monoisotopic (exact) mass is 438 g/mol. The van der Waals surface area contributed by atoms with E-state index in [9.17, 15) is 9.59 Å². The van der Waals surface area contributed by atoms with Gasteiger partial charge in [0.25, 0.3) is 0 Å². The quantitative estimate of drug-likeness (QED) is 0.409. The number of nitrogens with one attached hydrogen (secondary N) is 2. The summed E-state index contributed by atoms with van der Waals surface area (Å²) in [5.74, 6) is -0.907. The van der Waals surface area contributed by atoms with E-state index in [4.69, 9.17) is 9.47 Å². The third-order valence-electron chi connectivity index (χ3n) is 5.57. The van der Waals surface area contributed by atoms with Gasteiger partial charge in [0, 0.05) is 16.8 Å². The second-order valence-corrected chi connectivity index (χ2v) is 7.93. The first-order valence-corrected chi connectivity index (χ1v) is 10.7. The average Bonchev–Trinajstić information content (AvgIpc) is 2.87. The lowest BCUT2D eigenvalue weighted by Crippen LogP contribution is -2.56. The van der Waals surface area contributed by atoms with Gasteiger partial charge in [-0.05, 0) is 41.8 Å². The molecule has 6 nitrogen and oxygen atoms in total. The van der Waals surface area contributed by atoms with Gasteiger partial charge in [0.15, 0.2) is 5.66 Å². The van der Waals surface area contributed by atoms with Gasteiger partial charge in [-0.2, -0.15) is 0 Å². The number of anilines is 2. The molecule has 6 heteroatoms. The molecule has 0 saturated carbocycles. The summed E-state index contributed by atoms with van der Waals surface area (Å²) in [7, 11) is 0. The molecule has 0 aliphatic carbocycles. The first-order valence-electron chi connectivity index (χ1n) is 10.7. The number of hydrogen-bond acceptors (Lipinski definition) is 6. The summed E-state index contributed by atoms with van der Waals surface area (Å²) in [6.07, 6.45) is 0. The van der Waals surface area contributed by atoms with E-state index in [2.05, 4.69) is 10.6 Å². The van der Waals surface area contributed by atoms with E-state index in [-0.39, 0.29) is 13.2 Å². The lowest BCUT2D eigenvalue weighted by Gasteiger charge is -2.40. The van der Waals surface area contributed by atoms with Crippen molar-refractivity contribution >= 4 is 34.1 Å². The van der Waals surface area contributed by atoms with Crippen LogP contribution in [-0.2, 0) is 9.47 Å². The van der Waals surface area contributed by atoms with Crippen molar-refractivity contribution < 1.29 is 19.1 Å². The fourth-order valence-corrected chi connectivity index (χ4v) is 3.97. The molecule has 0 bridgehead atoms. The van der Waals surface area contributed by atoms with E-state index < -0.39 is 17.6 Å². The van der Waals surface area contributed by atoms with Gasteiger partial charge in [0.05, 0.1) is 11.1 Å². The molecule has 0 unspecified atom stereocenters. The largest absolute Gasteiger partial charge is 0.457 e. The van der Waals surface area contributed by atoms with Crippen molar-refractivity contribution in [1.29, 1.82) is 0 Å². The molecule has 0 atom stereocenters. The van der Waals surface area contributed by atoms with Crippen molar-refractivity contribution in [1.82, 2.24) is 0 Å². The Hall–Kier alpha value is -4.32. The maximum atomic E-state index is 12.6. The van der Waals surface area contributed by atoms with Crippen LogP contribution in [0.15, 0.2) is 97.1 Å². The molecule has 1 aliphatic heterocycles. The number of carbonyl (C=O) groups excluding carboxylic acids is 2. The van der Waals surface area contributed by atoms with Crippen LogP contribution in [0.4, 0.5) is 11.4 Å². The average molecular weight is 438 g/mol.